The zero-order valence-electron chi connectivity index (χ0n) is 8.52. The Balaban J connectivity index is 2.58. The van der Waals surface area contributed by atoms with E-state index in [2.05, 4.69) is 5.16 Å². The third-order valence-electron chi connectivity index (χ3n) is 2.46. The van der Waals surface area contributed by atoms with Crippen LogP contribution in [0.1, 0.15) is 5.56 Å². The summed E-state index contributed by atoms with van der Waals surface area (Å²) in [7, 11) is 0. The maximum Gasteiger partial charge on any atom is 0.143 e. The van der Waals surface area contributed by atoms with Gasteiger partial charge in [0.15, 0.2) is 0 Å². The fourth-order valence-electron chi connectivity index (χ4n) is 1.72. The molecular weight excluding hydrogens is 224 g/mol. The van der Waals surface area contributed by atoms with E-state index in [0.29, 0.717) is 11.4 Å². The lowest BCUT2D eigenvalue weighted by atomic mass is 10.0. The Labute approximate surface area is 98.1 Å². The molecule has 4 heteroatoms. The number of nitrogens with zero attached hydrogens (tertiary/aromatic N) is 1. The molecule has 3 nitrogen and oxygen atoms in total. The molecule has 2 aromatic rings. The van der Waals surface area contributed by atoms with E-state index in [1.807, 2.05) is 36.4 Å². The second-order valence-corrected chi connectivity index (χ2v) is 3.93. The molecule has 16 heavy (non-hydrogen) atoms. The third kappa shape index (κ3) is 1.95. The van der Waals surface area contributed by atoms with E-state index < -0.39 is 0 Å². The monoisotopic (exact) mass is 234 g/mol. The number of amidine groups is 1. The van der Waals surface area contributed by atoms with Crippen molar-refractivity contribution in [1.82, 2.24) is 0 Å². The minimum Gasteiger partial charge on any atom is -0.409 e. The van der Waals surface area contributed by atoms with Crippen molar-refractivity contribution in [1.29, 1.82) is 0 Å². The molecule has 0 aromatic heterocycles. The second-order valence-electron chi connectivity index (χ2n) is 3.52. The van der Waals surface area contributed by atoms with Gasteiger partial charge in [0.2, 0.25) is 0 Å². The highest BCUT2D eigenvalue weighted by Gasteiger charge is 2.05. The molecule has 0 aliphatic rings. The van der Waals surface area contributed by atoms with Gasteiger partial charge in [0, 0.05) is 16.8 Å². The van der Waals surface area contributed by atoms with E-state index in [1.165, 1.54) is 0 Å². The predicted molar refractivity (Wildman–Crippen MR) is 66.1 cm³/mol. The van der Waals surface area contributed by atoms with E-state index >= 15 is 0 Å². The quantitative estimate of drug-likeness (QED) is 0.363. The van der Waals surface area contributed by atoms with Gasteiger partial charge in [-0.15, -0.1) is 0 Å². The first-order chi connectivity index (χ1) is 7.72. The molecule has 0 saturated heterocycles. The van der Waals surface area contributed by atoms with Gasteiger partial charge in [0.05, 0.1) is 0 Å². The lowest BCUT2D eigenvalue weighted by Crippen LogP contribution is -2.14. The van der Waals surface area contributed by atoms with Gasteiger partial charge in [-0.25, -0.2) is 0 Å². The molecule has 2 rings (SSSR count). The highest BCUT2D eigenvalue weighted by molar-refractivity contribution is 6.35. The highest BCUT2D eigenvalue weighted by atomic mass is 35.5. The number of nitrogens with two attached hydrogens (primary N) is 1. The number of rotatable bonds is 2. The number of oxime groups is 1. The van der Waals surface area contributed by atoms with Crippen molar-refractivity contribution >= 4 is 28.2 Å². The van der Waals surface area contributed by atoms with Gasteiger partial charge >= 0.3 is 0 Å². The zero-order valence-corrected chi connectivity index (χ0v) is 9.28. The molecular formula is C12H11ClN2O. The van der Waals surface area contributed by atoms with Crippen molar-refractivity contribution in [3.05, 3.63) is 47.0 Å². The van der Waals surface area contributed by atoms with E-state index in [9.17, 15) is 0 Å². The first-order valence-electron chi connectivity index (χ1n) is 4.85. The number of halogens is 1. The van der Waals surface area contributed by atoms with Crippen LogP contribution in [0.15, 0.2) is 41.6 Å². The normalized spacial score (nSPS) is 11.9. The van der Waals surface area contributed by atoms with Gasteiger partial charge < -0.3 is 10.9 Å². The first-order valence-corrected chi connectivity index (χ1v) is 5.22. The zero-order chi connectivity index (χ0) is 11.5. The molecule has 0 aliphatic heterocycles. The van der Waals surface area contributed by atoms with E-state index in [0.717, 1.165) is 16.3 Å². The van der Waals surface area contributed by atoms with Gasteiger partial charge in [0.25, 0.3) is 0 Å². The summed E-state index contributed by atoms with van der Waals surface area (Å²) in [6.07, 6.45) is 0.411. The van der Waals surface area contributed by atoms with Crippen molar-refractivity contribution in [2.45, 2.75) is 6.42 Å². The molecule has 0 aliphatic carbocycles. The Kier molecular flexibility index (Phi) is 2.97. The number of fused-ring (bicyclic) bond motifs is 1. The molecule has 0 heterocycles. The van der Waals surface area contributed by atoms with Gasteiger partial charge in [-0.2, -0.15) is 0 Å². The van der Waals surface area contributed by atoms with Crippen LogP contribution in [0.3, 0.4) is 0 Å². The first kappa shape index (κ1) is 10.8. The molecule has 0 unspecified atom stereocenters. The Hall–Kier alpha value is -1.74. The smallest absolute Gasteiger partial charge is 0.143 e. The molecule has 0 atom stereocenters. The molecule has 0 radical (unpaired) electrons. The maximum absolute atomic E-state index is 8.56. The molecule has 82 valence electrons. The number of hydrogen-bond acceptors (Lipinski definition) is 2. The summed E-state index contributed by atoms with van der Waals surface area (Å²) in [5.41, 5.74) is 6.50. The summed E-state index contributed by atoms with van der Waals surface area (Å²) < 4.78 is 0. The maximum atomic E-state index is 8.56. The Morgan fingerprint density at radius 3 is 2.62 bits per heavy atom. The lowest BCUT2D eigenvalue weighted by Gasteiger charge is -2.06. The Bertz CT molecular complexity index is 552. The fraction of sp³-hybridized carbons (Fsp3) is 0.0833. The summed E-state index contributed by atoms with van der Waals surface area (Å²) in [4.78, 5) is 0. The van der Waals surface area contributed by atoms with Gasteiger partial charge in [-0.1, -0.05) is 47.1 Å². The summed E-state index contributed by atoms with van der Waals surface area (Å²) in [6, 6.07) is 11.5. The average molecular weight is 235 g/mol. The molecule has 3 N–H and O–H groups in total. The van der Waals surface area contributed by atoms with Crippen LogP contribution in [-0.4, -0.2) is 11.0 Å². The van der Waals surface area contributed by atoms with Crippen molar-refractivity contribution in [2.75, 3.05) is 0 Å². The largest absolute Gasteiger partial charge is 0.409 e. The van der Waals surface area contributed by atoms with Crippen LogP contribution < -0.4 is 5.73 Å². The number of hydrogen-bond donors (Lipinski definition) is 2. The predicted octanol–water partition coefficient (Wildman–Crippen LogP) is 2.78. The Morgan fingerprint density at radius 2 is 1.88 bits per heavy atom. The summed E-state index contributed by atoms with van der Waals surface area (Å²) >= 11 is 6.09. The molecule has 0 fully saturated rings. The molecule has 0 bridgehead atoms. The van der Waals surface area contributed by atoms with Crippen molar-refractivity contribution in [3.8, 4) is 0 Å². The van der Waals surface area contributed by atoms with Crippen LogP contribution in [0.2, 0.25) is 5.02 Å². The second kappa shape index (κ2) is 4.41. The average Bonchev–Trinajstić information content (AvgIpc) is 2.30. The standard InChI is InChI=1S/C12H11ClN2O/c13-11-6-2-4-9-8(7-12(14)15-16)3-1-5-10(9)11/h1-6,16H,7H2,(H2,14,15). The van der Waals surface area contributed by atoms with E-state index in [4.69, 9.17) is 22.5 Å². The summed E-state index contributed by atoms with van der Waals surface area (Å²) in [5.74, 6) is 0.187. The van der Waals surface area contributed by atoms with Crippen LogP contribution in [0.4, 0.5) is 0 Å². The fourth-order valence-corrected chi connectivity index (χ4v) is 1.96. The minimum atomic E-state index is 0.187. The topological polar surface area (TPSA) is 58.6 Å². The van der Waals surface area contributed by atoms with Crippen LogP contribution in [0.25, 0.3) is 10.8 Å². The lowest BCUT2D eigenvalue weighted by molar-refractivity contribution is 0.317. The minimum absolute atomic E-state index is 0.187. The highest BCUT2D eigenvalue weighted by Crippen LogP contribution is 2.26. The van der Waals surface area contributed by atoms with Crippen LogP contribution in [0, 0.1) is 0 Å². The summed E-state index contributed by atoms with van der Waals surface area (Å²) in [6.45, 7) is 0. The summed E-state index contributed by atoms with van der Waals surface area (Å²) in [5, 5.41) is 14.2. The van der Waals surface area contributed by atoms with Gasteiger partial charge in [-0.3, -0.25) is 0 Å². The van der Waals surface area contributed by atoms with Crippen LogP contribution in [0.5, 0.6) is 0 Å². The van der Waals surface area contributed by atoms with Crippen LogP contribution in [-0.2, 0) is 6.42 Å². The van der Waals surface area contributed by atoms with Crippen molar-refractivity contribution in [3.63, 3.8) is 0 Å². The third-order valence-corrected chi connectivity index (χ3v) is 2.79. The Morgan fingerprint density at radius 1 is 1.19 bits per heavy atom. The van der Waals surface area contributed by atoms with Crippen molar-refractivity contribution < 1.29 is 5.21 Å². The van der Waals surface area contributed by atoms with Crippen LogP contribution >= 0.6 is 11.6 Å². The van der Waals surface area contributed by atoms with E-state index in [1.54, 1.807) is 0 Å². The van der Waals surface area contributed by atoms with Gasteiger partial charge in [-0.05, 0) is 17.0 Å². The molecule has 0 spiro atoms. The number of benzene rings is 2. The van der Waals surface area contributed by atoms with Gasteiger partial charge in [0.1, 0.15) is 5.84 Å². The molecule has 2 aromatic carbocycles. The molecule has 0 saturated carbocycles. The van der Waals surface area contributed by atoms with E-state index in [-0.39, 0.29) is 5.84 Å². The molecule has 0 amide bonds. The van der Waals surface area contributed by atoms with Crippen molar-refractivity contribution in [2.24, 2.45) is 10.9 Å². The SMILES string of the molecule is N/C(Cc1cccc2c(Cl)cccc12)=N/O.